The van der Waals surface area contributed by atoms with Crippen LogP contribution in [0.5, 0.6) is 0 Å². The molecule has 0 saturated carbocycles. The van der Waals surface area contributed by atoms with Crippen LogP contribution in [0.4, 0.5) is 0 Å². The van der Waals surface area contributed by atoms with E-state index in [-0.39, 0.29) is 0 Å². The van der Waals surface area contributed by atoms with Crippen molar-refractivity contribution in [2.24, 2.45) is 16.8 Å². The van der Waals surface area contributed by atoms with Gasteiger partial charge in [-0.2, -0.15) is 0 Å². The van der Waals surface area contributed by atoms with Crippen LogP contribution in [-0.2, 0) is 4.74 Å². The maximum atomic E-state index is 5.53. The van der Waals surface area contributed by atoms with Crippen LogP contribution in [0, 0.1) is 11.8 Å². The average Bonchev–Trinajstić information content (AvgIpc) is 3.32. The van der Waals surface area contributed by atoms with E-state index in [0.717, 1.165) is 45.2 Å². The Morgan fingerprint density at radius 1 is 1.46 bits per heavy atom. The van der Waals surface area contributed by atoms with Crippen LogP contribution in [0.3, 0.4) is 0 Å². The molecular formula is C20H34N4OS. The van der Waals surface area contributed by atoms with Gasteiger partial charge < -0.3 is 15.0 Å². The first-order valence-electron chi connectivity index (χ1n) is 9.99. The molecule has 1 aromatic heterocycles. The fourth-order valence-corrected chi connectivity index (χ4v) is 5.22. The van der Waals surface area contributed by atoms with E-state index in [2.05, 4.69) is 53.6 Å². The van der Waals surface area contributed by atoms with E-state index >= 15 is 0 Å². The molecule has 0 aliphatic carbocycles. The lowest BCUT2D eigenvalue weighted by Crippen LogP contribution is -2.42. The first-order valence-corrected chi connectivity index (χ1v) is 10.9. The molecule has 0 amide bonds. The summed E-state index contributed by atoms with van der Waals surface area (Å²) in [6, 6.07) is 4.96. The van der Waals surface area contributed by atoms with E-state index in [1.54, 1.807) is 0 Å². The van der Waals surface area contributed by atoms with Gasteiger partial charge in [0.05, 0.1) is 6.61 Å². The molecule has 1 N–H and O–H groups in total. The molecule has 6 heteroatoms. The monoisotopic (exact) mass is 378 g/mol. The third kappa shape index (κ3) is 4.99. The minimum absolute atomic E-state index is 0.504. The molecule has 146 valence electrons. The Bertz CT molecular complexity index is 556. The number of hydrogen-bond acceptors (Lipinski definition) is 4. The van der Waals surface area contributed by atoms with Crippen LogP contribution in [0.1, 0.15) is 37.1 Å². The van der Waals surface area contributed by atoms with Gasteiger partial charge in [-0.25, -0.2) is 0 Å². The van der Waals surface area contributed by atoms with E-state index in [0.29, 0.717) is 17.9 Å². The summed E-state index contributed by atoms with van der Waals surface area (Å²) >= 11 is 1.88. The standard InChI is InChI=1S/C20H34N4OS/c1-4-21-20(24(3)14-16-9-11-25-15-16)22-13-17-7-5-10-23(2)19(17)18-8-6-12-26-18/h6,8,12,16-17,19H,4-5,7,9-11,13-15H2,1-3H3,(H,21,22). The van der Waals surface area contributed by atoms with Crippen molar-refractivity contribution in [2.75, 3.05) is 53.5 Å². The number of aliphatic imine (C=N–C) groups is 1. The highest BCUT2D eigenvalue weighted by molar-refractivity contribution is 7.10. The maximum Gasteiger partial charge on any atom is 0.193 e. The van der Waals surface area contributed by atoms with E-state index in [1.165, 1.54) is 24.3 Å². The van der Waals surface area contributed by atoms with Gasteiger partial charge in [-0.15, -0.1) is 11.3 Å². The number of nitrogens with one attached hydrogen (secondary N) is 1. The summed E-state index contributed by atoms with van der Waals surface area (Å²) in [7, 11) is 4.42. The van der Waals surface area contributed by atoms with Crippen molar-refractivity contribution in [2.45, 2.75) is 32.2 Å². The molecule has 2 aliphatic rings. The molecule has 3 atom stereocenters. The van der Waals surface area contributed by atoms with Gasteiger partial charge in [0.2, 0.25) is 0 Å². The summed E-state index contributed by atoms with van der Waals surface area (Å²) < 4.78 is 5.53. The molecular weight excluding hydrogens is 344 g/mol. The summed E-state index contributed by atoms with van der Waals surface area (Å²) in [4.78, 5) is 11.3. The van der Waals surface area contributed by atoms with Gasteiger partial charge in [-0.1, -0.05) is 6.07 Å². The number of nitrogens with zero attached hydrogens (tertiary/aromatic N) is 3. The molecule has 0 radical (unpaired) electrons. The SMILES string of the molecule is CCNC(=NCC1CCCN(C)C1c1cccs1)N(C)CC1CCOC1. The van der Waals surface area contributed by atoms with Gasteiger partial charge in [0, 0.05) is 50.1 Å². The largest absolute Gasteiger partial charge is 0.381 e. The number of ether oxygens (including phenoxy) is 1. The Hall–Kier alpha value is -1.11. The van der Waals surface area contributed by atoms with E-state index in [9.17, 15) is 0 Å². The summed E-state index contributed by atoms with van der Waals surface area (Å²) in [6.07, 6.45) is 3.69. The first kappa shape index (κ1) is 19.6. The highest BCUT2D eigenvalue weighted by atomic mass is 32.1. The smallest absolute Gasteiger partial charge is 0.193 e. The predicted octanol–water partition coefficient (Wildman–Crippen LogP) is 3.06. The number of likely N-dealkylation sites (tertiary alicyclic amines) is 1. The maximum absolute atomic E-state index is 5.53. The Labute approximate surface area is 162 Å². The van der Waals surface area contributed by atoms with Gasteiger partial charge >= 0.3 is 0 Å². The molecule has 2 aliphatic heterocycles. The van der Waals surface area contributed by atoms with Crippen molar-refractivity contribution in [3.05, 3.63) is 22.4 Å². The van der Waals surface area contributed by atoms with Crippen LogP contribution in [0.25, 0.3) is 0 Å². The lowest BCUT2D eigenvalue weighted by Gasteiger charge is -2.38. The molecule has 3 rings (SSSR count). The van der Waals surface area contributed by atoms with E-state index in [4.69, 9.17) is 9.73 Å². The average molecular weight is 379 g/mol. The fourth-order valence-electron chi connectivity index (χ4n) is 4.23. The lowest BCUT2D eigenvalue weighted by atomic mass is 9.88. The van der Waals surface area contributed by atoms with Gasteiger partial charge in [0.25, 0.3) is 0 Å². The van der Waals surface area contributed by atoms with Crippen molar-refractivity contribution >= 4 is 17.3 Å². The zero-order valence-electron chi connectivity index (χ0n) is 16.5. The van der Waals surface area contributed by atoms with E-state index in [1.807, 2.05) is 11.3 Å². The fraction of sp³-hybridized carbons (Fsp3) is 0.750. The highest BCUT2D eigenvalue weighted by Gasteiger charge is 2.31. The van der Waals surface area contributed by atoms with Crippen molar-refractivity contribution in [1.29, 1.82) is 0 Å². The van der Waals surface area contributed by atoms with E-state index < -0.39 is 0 Å². The number of piperidine rings is 1. The molecule has 1 aromatic rings. The normalized spacial score (nSPS) is 27.7. The Morgan fingerprint density at radius 3 is 3.04 bits per heavy atom. The number of rotatable bonds is 6. The second-order valence-corrected chi connectivity index (χ2v) is 8.63. The summed E-state index contributed by atoms with van der Waals surface area (Å²) in [6.45, 7) is 7.94. The topological polar surface area (TPSA) is 40.1 Å². The number of thiophene rings is 1. The van der Waals surface area contributed by atoms with Crippen LogP contribution >= 0.6 is 11.3 Å². The highest BCUT2D eigenvalue weighted by Crippen LogP contribution is 2.37. The molecule has 2 fully saturated rings. The molecule has 0 spiro atoms. The van der Waals surface area contributed by atoms with Crippen molar-refractivity contribution in [3.8, 4) is 0 Å². The second-order valence-electron chi connectivity index (χ2n) is 7.65. The van der Waals surface area contributed by atoms with Crippen LogP contribution < -0.4 is 5.32 Å². The second kappa shape index (κ2) is 9.72. The number of guanidine groups is 1. The molecule has 2 saturated heterocycles. The minimum atomic E-state index is 0.504. The molecule has 26 heavy (non-hydrogen) atoms. The van der Waals surface area contributed by atoms with Gasteiger partial charge in [0.15, 0.2) is 5.96 Å². The molecule has 0 bridgehead atoms. The molecule has 5 nitrogen and oxygen atoms in total. The molecule has 3 heterocycles. The van der Waals surface area contributed by atoms with Crippen molar-refractivity contribution in [1.82, 2.24) is 15.1 Å². The van der Waals surface area contributed by atoms with Gasteiger partial charge in [0.1, 0.15) is 0 Å². The first-order chi connectivity index (χ1) is 12.7. The molecule has 0 aromatic carbocycles. The summed E-state index contributed by atoms with van der Waals surface area (Å²) in [5.41, 5.74) is 0. The van der Waals surface area contributed by atoms with Crippen molar-refractivity contribution in [3.63, 3.8) is 0 Å². The predicted molar refractivity (Wildman–Crippen MR) is 110 cm³/mol. The summed E-state index contributed by atoms with van der Waals surface area (Å²) in [5.74, 6) is 2.25. The zero-order valence-corrected chi connectivity index (χ0v) is 17.3. The zero-order chi connectivity index (χ0) is 18.4. The summed E-state index contributed by atoms with van der Waals surface area (Å²) in [5, 5.41) is 5.67. The number of hydrogen-bond donors (Lipinski definition) is 1. The Morgan fingerprint density at radius 2 is 2.35 bits per heavy atom. The third-order valence-electron chi connectivity index (χ3n) is 5.57. The Balaban J connectivity index is 1.66. The van der Waals surface area contributed by atoms with Gasteiger partial charge in [-0.05, 0) is 57.1 Å². The Kier molecular flexibility index (Phi) is 7.34. The van der Waals surface area contributed by atoms with Gasteiger partial charge in [-0.3, -0.25) is 9.89 Å². The minimum Gasteiger partial charge on any atom is -0.381 e. The van der Waals surface area contributed by atoms with Crippen LogP contribution in [0.15, 0.2) is 22.5 Å². The third-order valence-corrected chi connectivity index (χ3v) is 6.51. The lowest BCUT2D eigenvalue weighted by molar-refractivity contribution is 0.128. The van der Waals surface area contributed by atoms with Crippen LogP contribution in [0.2, 0.25) is 0 Å². The molecule has 3 unspecified atom stereocenters. The van der Waals surface area contributed by atoms with Crippen molar-refractivity contribution < 1.29 is 4.74 Å². The quantitative estimate of drug-likeness (QED) is 0.610. The van der Waals surface area contributed by atoms with Crippen LogP contribution in [-0.4, -0.2) is 69.2 Å².